The Balaban J connectivity index is 3.17. The zero-order valence-corrected chi connectivity index (χ0v) is 9.28. The number of aryl methyl sites for hydroxylation is 1. The van der Waals surface area contributed by atoms with E-state index in [2.05, 4.69) is 9.84 Å². The van der Waals surface area contributed by atoms with Gasteiger partial charge in [-0.05, 0) is 6.92 Å². The van der Waals surface area contributed by atoms with Crippen LogP contribution in [0.15, 0.2) is 6.20 Å². The van der Waals surface area contributed by atoms with Crippen LogP contribution in [-0.2, 0) is 16.6 Å². The highest BCUT2D eigenvalue weighted by atomic mass is 16.6. The molecule has 0 bridgehead atoms. The smallest absolute Gasteiger partial charge is 0.329 e. The van der Waals surface area contributed by atoms with E-state index in [4.69, 9.17) is 5.26 Å². The second-order valence-electron chi connectivity index (χ2n) is 3.14. The second kappa shape index (κ2) is 5.07. The van der Waals surface area contributed by atoms with Crippen molar-refractivity contribution in [3.63, 3.8) is 0 Å². The van der Waals surface area contributed by atoms with Gasteiger partial charge in [0.05, 0.1) is 17.6 Å². The molecule has 1 unspecified atom stereocenters. The van der Waals surface area contributed by atoms with Gasteiger partial charge in [-0.25, -0.2) is 0 Å². The maximum Gasteiger partial charge on any atom is 0.329 e. The van der Waals surface area contributed by atoms with Gasteiger partial charge in [-0.3, -0.25) is 19.6 Å². The van der Waals surface area contributed by atoms with Crippen molar-refractivity contribution in [2.24, 2.45) is 7.05 Å². The van der Waals surface area contributed by atoms with Crippen LogP contribution in [0.5, 0.6) is 0 Å². The summed E-state index contributed by atoms with van der Waals surface area (Å²) in [7, 11) is 1.47. The lowest BCUT2D eigenvalue weighted by Crippen LogP contribution is -2.16. The minimum Gasteiger partial charge on any atom is -0.465 e. The van der Waals surface area contributed by atoms with Gasteiger partial charge < -0.3 is 4.74 Å². The summed E-state index contributed by atoms with van der Waals surface area (Å²) in [5.41, 5.74) is -0.564. The summed E-state index contributed by atoms with van der Waals surface area (Å²) in [5, 5.41) is 23.4. The molecule has 0 aromatic carbocycles. The molecule has 90 valence electrons. The van der Waals surface area contributed by atoms with E-state index < -0.39 is 16.8 Å². The predicted molar refractivity (Wildman–Crippen MR) is 54.8 cm³/mol. The average molecular weight is 238 g/mol. The molecule has 17 heavy (non-hydrogen) atoms. The van der Waals surface area contributed by atoms with E-state index in [1.165, 1.54) is 11.7 Å². The fourth-order valence-corrected chi connectivity index (χ4v) is 1.29. The highest BCUT2D eigenvalue weighted by molar-refractivity contribution is 5.82. The molecule has 8 heteroatoms. The van der Waals surface area contributed by atoms with Crippen LogP contribution < -0.4 is 0 Å². The van der Waals surface area contributed by atoms with Crippen molar-refractivity contribution in [1.82, 2.24) is 9.78 Å². The molecule has 1 atom stereocenters. The molecule has 0 spiro atoms. The zero-order chi connectivity index (χ0) is 13.0. The van der Waals surface area contributed by atoms with Crippen molar-refractivity contribution in [3.05, 3.63) is 22.0 Å². The van der Waals surface area contributed by atoms with Gasteiger partial charge in [-0.15, -0.1) is 0 Å². The van der Waals surface area contributed by atoms with Crippen LogP contribution in [0.3, 0.4) is 0 Å². The Hall–Kier alpha value is -2.43. The minimum atomic E-state index is -1.38. The Kier molecular flexibility index (Phi) is 3.77. The predicted octanol–water partition coefficient (Wildman–Crippen LogP) is 0.499. The first-order chi connectivity index (χ1) is 8.01. The van der Waals surface area contributed by atoms with Crippen molar-refractivity contribution in [1.29, 1.82) is 5.26 Å². The van der Waals surface area contributed by atoms with Gasteiger partial charge in [0.25, 0.3) is 0 Å². The first-order valence-corrected chi connectivity index (χ1v) is 4.75. The second-order valence-corrected chi connectivity index (χ2v) is 3.14. The summed E-state index contributed by atoms with van der Waals surface area (Å²) >= 11 is 0. The largest absolute Gasteiger partial charge is 0.465 e. The van der Waals surface area contributed by atoms with Crippen molar-refractivity contribution in [2.45, 2.75) is 12.8 Å². The number of nitro groups is 1. The van der Waals surface area contributed by atoms with E-state index in [0.717, 1.165) is 6.20 Å². The van der Waals surface area contributed by atoms with Gasteiger partial charge in [0.15, 0.2) is 11.6 Å². The molecular formula is C9H10N4O4. The Morgan fingerprint density at radius 3 is 2.94 bits per heavy atom. The molecule has 0 aliphatic heterocycles. The van der Waals surface area contributed by atoms with Crippen LogP contribution in [0.4, 0.5) is 5.69 Å². The molecule has 0 saturated heterocycles. The molecule has 0 aliphatic carbocycles. The highest BCUT2D eigenvalue weighted by Gasteiger charge is 2.32. The molecule has 8 nitrogen and oxygen atoms in total. The maximum absolute atomic E-state index is 11.4. The number of esters is 1. The van der Waals surface area contributed by atoms with E-state index >= 15 is 0 Å². The Morgan fingerprint density at radius 1 is 1.82 bits per heavy atom. The Morgan fingerprint density at radius 2 is 2.47 bits per heavy atom. The number of rotatable bonds is 4. The van der Waals surface area contributed by atoms with E-state index in [1.54, 1.807) is 13.0 Å². The summed E-state index contributed by atoms with van der Waals surface area (Å²) in [4.78, 5) is 21.5. The summed E-state index contributed by atoms with van der Waals surface area (Å²) in [6.07, 6.45) is 1.14. The van der Waals surface area contributed by atoms with Crippen LogP contribution >= 0.6 is 0 Å². The number of ether oxygens (including phenoxy) is 1. The lowest BCUT2D eigenvalue weighted by atomic mass is 10.1. The van der Waals surface area contributed by atoms with Gasteiger partial charge >= 0.3 is 11.7 Å². The number of hydrogen-bond acceptors (Lipinski definition) is 6. The average Bonchev–Trinajstić information content (AvgIpc) is 2.62. The molecule has 0 N–H and O–H groups in total. The van der Waals surface area contributed by atoms with Crippen LogP contribution in [0.25, 0.3) is 0 Å². The summed E-state index contributed by atoms with van der Waals surface area (Å²) in [6.45, 7) is 1.68. The fraction of sp³-hybridized carbons (Fsp3) is 0.444. The quantitative estimate of drug-likeness (QED) is 0.429. The third-order valence-electron chi connectivity index (χ3n) is 1.96. The molecule has 0 radical (unpaired) electrons. The standard InChI is InChI=1S/C9H10N4O4/c1-3-17-9(14)6(4-10)8-7(13(15)16)5-12(2)11-8/h5-6H,3H2,1-2H3. The number of aromatic nitrogens is 2. The number of carbonyl (C=O) groups is 1. The molecule has 1 aromatic rings. The van der Waals surface area contributed by atoms with E-state index in [-0.39, 0.29) is 18.0 Å². The van der Waals surface area contributed by atoms with Gasteiger partial charge in [0.2, 0.25) is 0 Å². The van der Waals surface area contributed by atoms with Gasteiger partial charge in [0, 0.05) is 7.05 Å². The van der Waals surface area contributed by atoms with Crippen molar-refractivity contribution in [2.75, 3.05) is 6.61 Å². The number of carbonyl (C=O) groups excluding carboxylic acids is 1. The van der Waals surface area contributed by atoms with Crippen LogP contribution in [0, 0.1) is 21.4 Å². The van der Waals surface area contributed by atoms with E-state index in [9.17, 15) is 14.9 Å². The van der Waals surface area contributed by atoms with Crippen molar-refractivity contribution >= 4 is 11.7 Å². The monoisotopic (exact) mass is 238 g/mol. The molecular weight excluding hydrogens is 228 g/mol. The molecule has 0 fully saturated rings. The number of nitriles is 1. The van der Waals surface area contributed by atoms with E-state index in [1.807, 2.05) is 0 Å². The minimum absolute atomic E-state index is 0.0949. The molecule has 1 heterocycles. The van der Waals surface area contributed by atoms with Gasteiger partial charge in [-0.2, -0.15) is 10.4 Å². The fourth-order valence-electron chi connectivity index (χ4n) is 1.29. The zero-order valence-electron chi connectivity index (χ0n) is 9.28. The summed E-state index contributed by atoms with van der Waals surface area (Å²) in [5.74, 6) is -2.21. The topological polar surface area (TPSA) is 111 Å². The molecule has 1 aromatic heterocycles. The summed E-state index contributed by atoms with van der Waals surface area (Å²) in [6, 6.07) is 1.66. The Labute approximate surface area is 96.5 Å². The molecule has 1 rings (SSSR count). The van der Waals surface area contributed by atoms with Crippen LogP contribution in [0.1, 0.15) is 18.5 Å². The number of hydrogen-bond donors (Lipinski definition) is 0. The lowest BCUT2D eigenvalue weighted by Gasteiger charge is -2.04. The molecule has 0 aliphatic rings. The molecule has 0 amide bonds. The highest BCUT2D eigenvalue weighted by Crippen LogP contribution is 2.25. The normalized spacial score (nSPS) is 11.6. The van der Waals surface area contributed by atoms with Gasteiger partial charge in [-0.1, -0.05) is 0 Å². The van der Waals surface area contributed by atoms with E-state index in [0.29, 0.717) is 0 Å². The van der Waals surface area contributed by atoms with Crippen LogP contribution in [-0.4, -0.2) is 27.3 Å². The first-order valence-electron chi connectivity index (χ1n) is 4.75. The maximum atomic E-state index is 11.4. The first kappa shape index (κ1) is 12.6. The third-order valence-corrected chi connectivity index (χ3v) is 1.96. The molecule has 0 saturated carbocycles. The SMILES string of the molecule is CCOC(=O)C(C#N)c1nn(C)cc1[N+](=O)[O-]. The van der Waals surface area contributed by atoms with Gasteiger partial charge in [0.1, 0.15) is 6.20 Å². The third kappa shape index (κ3) is 2.57. The van der Waals surface area contributed by atoms with Crippen molar-refractivity contribution < 1.29 is 14.5 Å². The number of nitrogens with zero attached hydrogens (tertiary/aromatic N) is 4. The lowest BCUT2D eigenvalue weighted by molar-refractivity contribution is -0.385. The summed E-state index contributed by atoms with van der Waals surface area (Å²) < 4.78 is 5.84. The van der Waals surface area contributed by atoms with Crippen LogP contribution in [0.2, 0.25) is 0 Å². The van der Waals surface area contributed by atoms with Crippen molar-refractivity contribution in [3.8, 4) is 6.07 Å². The Bertz CT molecular complexity index is 488.